The van der Waals surface area contributed by atoms with Gasteiger partial charge in [0.1, 0.15) is 5.75 Å². The minimum atomic E-state index is 0.379. The fourth-order valence-corrected chi connectivity index (χ4v) is 1.51. The first-order valence-corrected chi connectivity index (χ1v) is 5.39. The Morgan fingerprint density at radius 3 is 2.79 bits per heavy atom. The first-order valence-electron chi connectivity index (χ1n) is 5.39. The maximum atomic E-state index is 9.69. The van der Waals surface area contributed by atoms with Crippen molar-refractivity contribution in [1.82, 2.24) is 4.98 Å². The Labute approximate surface area is 86.0 Å². The van der Waals surface area contributed by atoms with E-state index in [0.717, 1.165) is 24.1 Å². The molecule has 1 N–H and O–H groups in total. The third kappa shape index (κ3) is 3.02. The normalized spacial score (nSPS) is 10.4. The van der Waals surface area contributed by atoms with E-state index in [9.17, 15) is 5.11 Å². The van der Waals surface area contributed by atoms with Crippen LogP contribution in [0.2, 0.25) is 0 Å². The van der Waals surface area contributed by atoms with Crippen LogP contribution in [-0.2, 0) is 6.42 Å². The maximum absolute atomic E-state index is 9.69. The first-order chi connectivity index (χ1) is 6.75. The largest absolute Gasteiger partial charge is 0.506 e. The Hall–Kier alpha value is -1.05. The molecule has 0 fully saturated rings. The molecule has 0 unspecified atom stereocenters. The van der Waals surface area contributed by atoms with E-state index >= 15 is 0 Å². The zero-order chi connectivity index (χ0) is 10.4. The highest BCUT2D eigenvalue weighted by molar-refractivity contribution is 5.34. The number of unbranched alkanes of at least 4 members (excludes halogenated alkanes) is 3. The van der Waals surface area contributed by atoms with Crippen molar-refractivity contribution < 1.29 is 5.11 Å². The molecule has 0 radical (unpaired) electrons. The maximum Gasteiger partial charge on any atom is 0.139 e. The molecule has 1 heterocycles. The van der Waals surface area contributed by atoms with Gasteiger partial charge in [-0.15, -0.1) is 0 Å². The number of hydrogen-bond acceptors (Lipinski definition) is 2. The highest BCUT2D eigenvalue weighted by Crippen LogP contribution is 2.20. The zero-order valence-electron chi connectivity index (χ0n) is 9.08. The second-order valence-corrected chi connectivity index (χ2v) is 3.73. The molecule has 0 amide bonds. The molecule has 0 saturated heterocycles. The van der Waals surface area contributed by atoms with Gasteiger partial charge in [0.05, 0.1) is 5.69 Å². The van der Waals surface area contributed by atoms with Gasteiger partial charge in [-0.2, -0.15) is 0 Å². The number of nitrogens with zero attached hydrogens (tertiary/aromatic N) is 1. The van der Waals surface area contributed by atoms with Crippen LogP contribution >= 0.6 is 0 Å². The van der Waals surface area contributed by atoms with Crippen molar-refractivity contribution in [2.75, 3.05) is 0 Å². The molecular formula is C12H19NO. The van der Waals surface area contributed by atoms with E-state index in [1.165, 1.54) is 19.3 Å². The van der Waals surface area contributed by atoms with E-state index in [2.05, 4.69) is 11.9 Å². The first kappa shape index (κ1) is 11.0. The Morgan fingerprint density at radius 1 is 1.29 bits per heavy atom. The van der Waals surface area contributed by atoms with E-state index < -0.39 is 0 Å². The zero-order valence-corrected chi connectivity index (χ0v) is 9.08. The molecule has 0 aliphatic carbocycles. The summed E-state index contributed by atoms with van der Waals surface area (Å²) in [6, 6.07) is 1.84. The molecule has 0 aliphatic heterocycles. The lowest BCUT2D eigenvalue weighted by Crippen LogP contribution is -1.92. The lowest BCUT2D eigenvalue weighted by molar-refractivity contribution is 0.457. The van der Waals surface area contributed by atoms with Crippen LogP contribution in [-0.4, -0.2) is 10.1 Å². The molecule has 0 atom stereocenters. The van der Waals surface area contributed by atoms with Crippen LogP contribution in [0.25, 0.3) is 0 Å². The van der Waals surface area contributed by atoms with Gasteiger partial charge in [-0.1, -0.05) is 26.2 Å². The lowest BCUT2D eigenvalue weighted by Gasteiger charge is -2.05. The molecule has 78 valence electrons. The van der Waals surface area contributed by atoms with Crippen molar-refractivity contribution >= 4 is 0 Å². The SMILES string of the molecule is CCCCCCc1nccc(C)c1O. The molecule has 14 heavy (non-hydrogen) atoms. The molecule has 0 spiro atoms. The van der Waals surface area contributed by atoms with Gasteiger partial charge in [-0.25, -0.2) is 0 Å². The number of aromatic nitrogens is 1. The van der Waals surface area contributed by atoms with Gasteiger partial charge in [0.25, 0.3) is 0 Å². The smallest absolute Gasteiger partial charge is 0.139 e. The third-order valence-electron chi connectivity index (χ3n) is 2.47. The minimum absolute atomic E-state index is 0.379. The molecule has 0 aromatic carbocycles. The summed E-state index contributed by atoms with van der Waals surface area (Å²) in [7, 11) is 0. The minimum Gasteiger partial charge on any atom is -0.506 e. The molecule has 1 aromatic rings. The van der Waals surface area contributed by atoms with Crippen LogP contribution in [0.5, 0.6) is 5.75 Å². The molecule has 2 heteroatoms. The van der Waals surface area contributed by atoms with Crippen LogP contribution < -0.4 is 0 Å². The van der Waals surface area contributed by atoms with Crippen LogP contribution in [0.3, 0.4) is 0 Å². The third-order valence-corrected chi connectivity index (χ3v) is 2.47. The highest BCUT2D eigenvalue weighted by Gasteiger charge is 2.04. The van der Waals surface area contributed by atoms with Crippen molar-refractivity contribution in [3.8, 4) is 5.75 Å². The molecule has 2 nitrogen and oxygen atoms in total. The van der Waals surface area contributed by atoms with Gasteiger partial charge in [0.2, 0.25) is 0 Å². The van der Waals surface area contributed by atoms with Gasteiger partial charge < -0.3 is 5.11 Å². The Balaban J connectivity index is 2.46. The van der Waals surface area contributed by atoms with Crippen molar-refractivity contribution in [1.29, 1.82) is 0 Å². The topological polar surface area (TPSA) is 33.1 Å². The molecule has 0 bridgehead atoms. The monoisotopic (exact) mass is 193 g/mol. The van der Waals surface area contributed by atoms with Gasteiger partial charge in [0, 0.05) is 6.20 Å². The number of pyridine rings is 1. The predicted molar refractivity (Wildman–Crippen MR) is 58.5 cm³/mol. The van der Waals surface area contributed by atoms with Crippen LogP contribution in [0.4, 0.5) is 0 Å². The number of aryl methyl sites for hydroxylation is 2. The Kier molecular flexibility index (Phi) is 4.44. The van der Waals surface area contributed by atoms with Gasteiger partial charge in [-0.3, -0.25) is 4.98 Å². The molecule has 0 saturated carbocycles. The van der Waals surface area contributed by atoms with Gasteiger partial charge in [-0.05, 0) is 31.4 Å². The van der Waals surface area contributed by atoms with Crippen LogP contribution in [0, 0.1) is 6.92 Å². The second-order valence-electron chi connectivity index (χ2n) is 3.73. The van der Waals surface area contributed by atoms with Crippen LogP contribution in [0.15, 0.2) is 12.3 Å². The summed E-state index contributed by atoms with van der Waals surface area (Å²) >= 11 is 0. The molecular weight excluding hydrogens is 174 g/mol. The highest BCUT2D eigenvalue weighted by atomic mass is 16.3. The average Bonchev–Trinajstić information content (AvgIpc) is 2.19. The Morgan fingerprint density at radius 2 is 2.07 bits per heavy atom. The number of aromatic hydroxyl groups is 1. The van der Waals surface area contributed by atoms with E-state index in [4.69, 9.17) is 0 Å². The number of rotatable bonds is 5. The van der Waals surface area contributed by atoms with Gasteiger partial charge in [0.15, 0.2) is 0 Å². The average molecular weight is 193 g/mol. The van der Waals surface area contributed by atoms with Crippen molar-refractivity contribution in [2.45, 2.75) is 46.0 Å². The summed E-state index contributed by atoms with van der Waals surface area (Å²) in [4.78, 5) is 4.19. The standard InChI is InChI=1S/C12H19NO/c1-3-4-5-6-7-11-12(14)10(2)8-9-13-11/h8-9,14H,3-7H2,1-2H3. The lowest BCUT2D eigenvalue weighted by atomic mass is 10.1. The van der Waals surface area contributed by atoms with Crippen LogP contribution in [0.1, 0.15) is 43.9 Å². The van der Waals surface area contributed by atoms with Crippen molar-refractivity contribution in [3.63, 3.8) is 0 Å². The summed E-state index contributed by atoms with van der Waals surface area (Å²) < 4.78 is 0. The predicted octanol–water partition coefficient (Wildman–Crippen LogP) is 3.22. The summed E-state index contributed by atoms with van der Waals surface area (Å²) in [6.45, 7) is 4.11. The fraction of sp³-hybridized carbons (Fsp3) is 0.583. The summed E-state index contributed by atoms with van der Waals surface area (Å²) in [6.07, 6.45) is 7.53. The van der Waals surface area contributed by atoms with E-state index in [1.54, 1.807) is 6.20 Å². The number of hydrogen-bond donors (Lipinski definition) is 1. The van der Waals surface area contributed by atoms with E-state index in [1.807, 2.05) is 13.0 Å². The second kappa shape index (κ2) is 5.63. The van der Waals surface area contributed by atoms with Crippen molar-refractivity contribution in [2.24, 2.45) is 0 Å². The fourth-order valence-electron chi connectivity index (χ4n) is 1.51. The molecule has 1 rings (SSSR count). The summed E-state index contributed by atoms with van der Waals surface area (Å²) in [5.41, 5.74) is 1.77. The summed E-state index contributed by atoms with van der Waals surface area (Å²) in [5.74, 6) is 0.379. The quantitative estimate of drug-likeness (QED) is 0.728. The molecule has 1 aromatic heterocycles. The molecule has 0 aliphatic rings. The van der Waals surface area contributed by atoms with Gasteiger partial charge >= 0.3 is 0 Å². The summed E-state index contributed by atoms with van der Waals surface area (Å²) in [5, 5.41) is 9.69. The van der Waals surface area contributed by atoms with E-state index in [-0.39, 0.29) is 0 Å². The van der Waals surface area contributed by atoms with E-state index in [0.29, 0.717) is 5.75 Å². The van der Waals surface area contributed by atoms with Crippen molar-refractivity contribution in [3.05, 3.63) is 23.5 Å². The Bertz CT molecular complexity index is 284.